The Morgan fingerprint density at radius 2 is 1.78 bits per heavy atom. The lowest BCUT2D eigenvalue weighted by molar-refractivity contribution is -0.136. The van der Waals surface area contributed by atoms with E-state index in [0.717, 1.165) is 57.8 Å². The van der Waals surface area contributed by atoms with Gasteiger partial charge < -0.3 is 14.4 Å². The van der Waals surface area contributed by atoms with E-state index in [1.165, 1.54) is 5.56 Å². The van der Waals surface area contributed by atoms with Gasteiger partial charge in [0.05, 0.1) is 12.1 Å². The van der Waals surface area contributed by atoms with Gasteiger partial charge in [-0.05, 0) is 49.1 Å². The molecule has 0 bridgehead atoms. The van der Waals surface area contributed by atoms with E-state index in [4.69, 9.17) is 9.72 Å². The van der Waals surface area contributed by atoms with Crippen LogP contribution >= 0.6 is 11.3 Å². The smallest absolute Gasteiger partial charge is 0.307 e. The summed E-state index contributed by atoms with van der Waals surface area (Å²) < 4.78 is 8.33. The molecule has 2 heterocycles. The minimum atomic E-state index is -0.830. The lowest BCUT2D eigenvalue weighted by atomic mass is 10.1. The number of benzene rings is 3. The van der Waals surface area contributed by atoms with Crippen LogP contribution in [0.3, 0.4) is 0 Å². The molecule has 0 saturated heterocycles. The summed E-state index contributed by atoms with van der Waals surface area (Å²) in [5.74, 6) is -0.117. The first kappa shape index (κ1) is 23.8. The van der Waals surface area contributed by atoms with E-state index in [1.54, 1.807) is 11.3 Å². The molecule has 5 aromatic rings. The summed E-state index contributed by atoms with van der Waals surface area (Å²) in [6, 6.07) is 26.5. The van der Waals surface area contributed by atoms with Gasteiger partial charge in [-0.15, -0.1) is 11.3 Å². The highest BCUT2D eigenvalue weighted by Gasteiger charge is 2.17. The monoisotopic (exact) mass is 496 g/mol. The molecule has 182 valence electrons. The standard InChI is InChI=1S/C30H28N2O3S/c1-21-26(18-29(33)34)27-17-25(35-19-24-20-36-30(31-24)23-12-6-3-7-13-23)14-15-28(27)32(21)16-8-11-22-9-4-2-5-10-22/h2-7,9-10,12-15,17,20H,8,11,16,18-19H2,1H3,(H,33,34). The van der Waals surface area contributed by atoms with Crippen molar-refractivity contribution in [3.63, 3.8) is 0 Å². The molecule has 0 fully saturated rings. The van der Waals surface area contributed by atoms with Gasteiger partial charge in [0.15, 0.2) is 0 Å². The molecule has 0 radical (unpaired) electrons. The summed E-state index contributed by atoms with van der Waals surface area (Å²) in [5, 5.41) is 13.5. The number of aromatic nitrogens is 2. The van der Waals surface area contributed by atoms with Crippen LogP contribution in [0.5, 0.6) is 5.75 Å². The summed E-state index contributed by atoms with van der Waals surface area (Å²) >= 11 is 1.60. The molecule has 36 heavy (non-hydrogen) atoms. The Balaban J connectivity index is 1.34. The number of hydrogen-bond donors (Lipinski definition) is 1. The Bertz CT molecular complexity index is 1470. The number of hydrogen-bond acceptors (Lipinski definition) is 4. The zero-order valence-corrected chi connectivity index (χ0v) is 21.0. The predicted molar refractivity (Wildman–Crippen MR) is 145 cm³/mol. The minimum Gasteiger partial charge on any atom is -0.487 e. The summed E-state index contributed by atoms with van der Waals surface area (Å²) in [4.78, 5) is 16.3. The van der Waals surface area contributed by atoms with Gasteiger partial charge in [0.1, 0.15) is 17.4 Å². The third kappa shape index (κ3) is 5.34. The van der Waals surface area contributed by atoms with Gasteiger partial charge in [0.2, 0.25) is 0 Å². The van der Waals surface area contributed by atoms with Crippen LogP contribution in [-0.2, 0) is 30.8 Å². The third-order valence-electron chi connectivity index (χ3n) is 6.40. The highest BCUT2D eigenvalue weighted by Crippen LogP contribution is 2.31. The van der Waals surface area contributed by atoms with Crippen LogP contribution in [0.4, 0.5) is 0 Å². The van der Waals surface area contributed by atoms with Crippen LogP contribution < -0.4 is 4.74 Å². The van der Waals surface area contributed by atoms with Crippen LogP contribution in [0, 0.1) is 6.92 Å². The summed E-state index contributed by atoms with van der Waals surface area (Å²) in [6.07, 6.45) is 1.95. The Labute approximate surface area is 214 Å². The van der Waals surface area contributed by atoms with Crippen molar-refractivity contribution in [1.29, 1.82) is 0 Å². The quantitative estimate of drug-likeness (QED) is 0.228. The second kappa shape index (κ2) is 10.8. The number of nitrogens with zero attached hydrogens (tertiary/aromatic N) is 2. The van der Waals surface area contributed by atoms with Gasteiger partial charge in [-0.1, -0.05) is 60.7 Å². The number of carbonyl (C=O) groups is 1. The molecule has 0 amide bonds. The zero-order valence-electron chi connectivity index (χ0n) is 20.2. The number of aliphatic carboxylic acids is 1. The Morgan fingerprint density at radius 1 is 1.03 bits per heavy atom. The largest absolute Gasteiger partial charge is 0.487 e. The molecular formula is C30H28N2O3S. The summed E-state index contributed by atoms with van der Waals surface area (Å²) in [5.41, 5.74) is 6.18. The van der Waals surface area contributed by atoms with Gasteiger partial charge in [0, 0.05) is 34.1 Å². The number of thiazole rings is 1. The molecule has 1 N–H and O–H groups in total. The zero-order chi connectivity index (χ0) is 24.9. The maximum atomic E-state index is 11.6. The van der Waals surface area contributed by atoms with E-state index < -0.39 is 5.97 Å². The molecule has 0 saturated carbocycles. The molecule has 5 nitrogen and oxygen atoms in total. The van der Waals surface area contributed by atoms with Crippen molar-refractivity contribution in [2.24, 2.45) is 0 Å². The van der Waals surface area contributed by atoms with Crippen molar-refractivity contribution >= 4 is 28.2 Å². The highest BCUT2D eigenvalue weighted by molar-refractivity contribution is 7.13. The van der Waals surface area contributed by atoms with E-state index in [2.05, 4.69) is 28.8 Å². The normalized spacial score (nSPS) is 11.1. The predicted octanol–water partition coefficient (Wildman–Crippen LogP) is 6.91. The molecule has 5 rings (SSSR count). The lowest BCUT2D eigenvalue weighted by Gasteiger charge is -2.09. The number of rotatable bonds is 10. The number of fused-ring (bicyclic) bond motifs is 1. The maximum absolute atomic E-state index is 11.6. The minimum absolute atomic E-state index is 0.00993. The number of carboxylic acids is 1. The van der Waals surface area contributed by atoms with Crippen molar-refractivity contribution in [2.75, 3.05) is 0 Å². The fraction of sp³-hybridized carbons (Fsp3) is 0.200. The molecule has 0 unspecified atom stereocenters. The third-order valence-corrected chi connectivity index (χ3v) is 7.34. The van der Waals surface area contributed by atoms with Gasteiger partial charge in [-0.25, -0.2) is 4.98 Å². The van der Waals surface area contributed by atoms with E-state index in [-0.39, 0.29) is 6.42 Å². The first-order chi connectivity index (χ1) is 17.6. The van der Waals surface area contributed by atoms with Crippen LogP contribution in [0.1, 0.15) is 28.9 Å². The fourth-order valence-corrected chi connectivity index (χ4v) is 5.42. The molecule has 6 heteroatoms. The van der Waals surface area contributed by atoms with Crippen LogP contribution in [0.15, 0.2) is 84.2 Å². The lowest BCUT2D eigenvalue weighted by Crippen LogP contribution is -2.05. The van der Waals surface area contributed by atoms with Gasteiger partial charge in [-0.2, -0.15) is 0 Å². The van der Waals surface area contributed by atoms with Crippen molar-refractivity contribution in [3.05, 3.63) is 107 Å². The average molecular weight is 497 g/mol. The topological polar surface area (TPSA) is 64.3 Å². The van der Waals surface area contributed by atoms with Crippen molar-refractivity contribution < 1.29 is 14.6 Å². The van der Waals surface area contributed by atoms with Crippen LogP contribution in [0.25, 0.3) is 21.5 Å². The Kier molecular flexibility index (Phi) is 7.14. The average Bonchev–Trinajstić information content (AvgIpc) is 3.47. The Hall–Kier alpha value is -3.90. The molecule has 0 atom stereocenters. The second-order valence-electron chi connectivity index (χ2n) is 8.85. The van der Waals surface area contributed by atoms with Crippen LogP contribution in [-0.4, -0.2) is 20.6 Å². The fourth-order valence-electron chi connectivity index (χ4n) is 4.61. The molecule has 0 aliphatic rings. The van der Waals surface area contributed by atoms with Crippen molar-refractivity contribution in [1.82, 2.24) is 9.55 Å². The van der Waals surface area contributed by atoms with E-state index >= 15 is 0 Å². The Morgan fingerprint density at radius 3 is 2.53 bits per heavy atom. The van der Waals surface area contributed by atoms with Crippen LogP contribution in [0.2, 0.25) is 0 Å². The molecular weight excluding hydrogens is 468 g/mol. The molecule has 0 spiro atoms. The van der Waals surface area contributed by atoms with Crippen molar-refractivity contribution in [3.8, 4) is 16.3 Å². The van der Waals surface area contributed by atoms with Gasteiger partial charge in [-0.3, -0.25) is 4.79 Å². The highest BCUT2D eigenvalue weighted by atomic mass is 32.1. The number of carboxylic acid groups (broad SMARTS) is 1. The second-order valence-corrected chi connectivity index (χ2v) is 9.71. The summed E-state index contributed by atoms with van der Waals surface area (Å²) in [6.45, 7) is 3.21. The van der Waals surface area contributed by atoms with Crippen molar-refractivity contribution in [2.45, 2.75) is 39.3 Å². The molecule has 0 aliphatic heterocycles. The number of ether oxygens (including phenoxy) is 1. The maximum Gasteiger partial charge on any atom is 0.307 e. The van der Waals surface area contributed by atoms with E-state index in [9.17, 15) is 9.90 Å². The van der Waals surface area contributed by atoms with Gasteiger partial charge in [0.25, 0.3) is 0 Å². The first-order valence-electron chi connectivity index (χ1n) is 12.1. The van der Waals surface area contributed by atoms with E-state index in [1.807, 2.05) is 66.9 Å². The first-order valence-corrected chi connectivity index (χ1v) is 13.0. The summed E-state index contributed by atoms with van der Waals surface area (Å²) in [7, 11) is 0. The molecule has 2 aromatic heterocycles. The number of aryl methyl sites for hydroxylation is 2. The SMILES string of the molecule is Cc1c(CC(=O)O)c2cc(OCc3csc(-c4ccccc4)n3)ccc2n1CCCc1ccccc1. The van der Waals surface area contributed by atoms with Gasteiger partial charge >= 0.3 is 5.97 Å². The molecule has 3 aromatic carbocycles. The molecule has 0 aliphatic carbocycles. The van der Waals surface area contributed by atoms with E-state index in [0.29, 0.717) is 12.4 Å².